The summed E-state index contributed by atoms with van der Waals surface area (Å²) in [6, 6.07) is 72.1. The predicted molar refractivity (Wildman–Crippen MR) is 236 cm³/mol. The number of benzene rings is 8. The van der Waals surface area contributed by atoms with E-state index in [2.05, 4.69) is 182 Å². The number of hydrogen-bond donors (Lipinski definition) is 0. The first-order valence-electron chi connectivity index (χ1n) is 19.2. The maximum Gasteiger partial charge on any atom is 0.160 e. The number of nitrogens with zero attached hydrogens (tertiary/aromatic N) is 3. The highest BCUT2D eigenvalue weighted by Crippen LogP contribution is 2.45. The van der Waals surface area contributed by atoms with Crippen molar-refractivity contribution >= 4 is 39.0 Å². The number of hydrogen-bond acceptors (Lipinski definition) is 4. The van der Waals surface area contributed by atoms with E-state index >= 15 is 0 Å². The van der Waals surface area contributed by atoms with Crippen molar-refractivity contribution in [1.82, 2.24) is 9.97 Å². The van der Waals surface area contributed by atoms with Gasteiger partial charge in [-0.3, -0.25) is 0 Å². The summed E-state index contributed by atoms with van der Waals surface area (Å²) in [4.78, 5) is 12.7. The summed E-state index contributed by atoms with van der Waals surface area (Å²) in [6.07, 6.45) is 0. The van der Waals surface area contributed by atoms with Crippen LogP contribution in [0, 0.1) is 6.92 Å². The molecule has 0 bridgehead atoms. The monoisotopic (exact) mass is 731 g/mol. The highest BCUT2D eigenvalue weighted by molar-refractivity contribution is 6.13. The molecular formula is C53H37N3O. The fourth-order valence-corrected chi connectivity index (χ4v) is 7.82. The van der Waals surface area contributed by atoms with Crippen LogP contribution >= 0.6 is 0 Å². The van der Waals surface area contributed by atoms with E-state index in [0.29, 0.717) is 5.82 Å². The molecule has 0 saturated heterocycles. The van der Waals surface area contributed by atoms with Gasteiger partial charge in [-0.05, 0) is 83.8 Å². The molecule has 4 nitrogen and oxygen atoms in total. The number of para-hydroxylation sites is 1. The molecule has 10 rings (SSSR count). The van der Waals surface area contributed by atoms with Crippen LogP contribution < -0.4 is 4.90 Å². The van der Waals surface area contributed by atoms with Crippen LogP contribution in [-0.4, -0.2) is 9.97 Å². The van der Waals surface area contributed by atoms with E-state index in [1.54, 1.807) is 0 Å². The molecule has 0 atom stereocenters. The Balaban J connectivity index is 1.19. The SMILES string of the molecule is Cc1cc(-c2cc(-c3ccccc3)nc(-c3ccccc3)n2)c2c(c1)oc1ccc(N(c3ccc(-c4ccccc4)cc3)c3ccccc3-c3ccccc3)cc12. The van der Waals surface area contributed by atoms with Gasteiger partial charge in [0.1, 0.15) is 11.2 Å². The van der Waals surface area contributed by atoms with E-state index in [0.717, 1.165) is 83.8 Å². The molecule has 0 fully saturated rings. The van der Waals surface area contributed by atoms with E-state index in [1.807, 2.05) is 36.4 Å². The molecule has 270 valence electrons. The van der Waals surface area contributed by atoms with Gasteiger partial charge in [-0.15, -0.1) is 0 Å². The number of rotatable bonds is 8. The topological polar surface area (TPSA) is 42.2 Å². The Morgan fingerprint density at radius 1 is 0.404 bits per heavy atom. The molecule has 0 amide bonds. The second kappa shape index (κ2) is 14.6. The van der Waals surface area contributed by atoms with Crippen molar-refractivity contribution in [2.75, 3.05) is 4.90 Å². The first-order valence-corrected chi connectivity index (χ1v) is 19.2. The Labute approximate surface area is 332 Å². The van der Waals surface area contributed by atoms with Gasteiger partial charge < -0.3 is 9.32 Å². The number of fused-ring (bicyclic) bond motifs is 3. The lowest BCUT2D eigenvalue weighted by molar-refractivity contribution is 0.668. The third-order valence-corrected chi connectivity index (χ3v) is 10.5. The number of aromatic nitrogens is 2. The molecule has 0 saturated carbocycles. The maximum absolute atomic E-state index is 6.67. The average molecular weight is 732 g/mol. The van der Waals surface area contributed by atoms with Crippen molar-refractivity contribution in [2.24, 2.45) is 0 Å². The standard InChI is InChI=1S/C53H37N3O/c1-36-32-45(48-35-47(40-20-10-4-11-21-40)54-53(55-48)41-22-12-5-13-23-41)52-46-34-43(30-31-50(46)57-51(52)33-36)56(42-28-26-38(27-29-42)37-16-6-2-7-17-37)49-25-15-14-24-44(49)39-18-8-3-9-19-39/h2-35H,1H3. The normalized spacial score (nSPS) is 11.2. The minimum absolute atomic E-state index is 0.678. The summed E-state index contributed by atoms with van der Waals surface area (Å²) < 4.78 is 6.67. The van der Waals surface area contributed by atoms with Crippen LogP contribution in [0.1, 0.15) is 5.56 Å². The smallest absolute Gasteiger partial charge is 0.160 e. The van der Waals surface area contributed by atoms with Gasteiger partial charge >= 0.3 is 0 Å². The van der Waals surface area contributed by atoms with Gasteiger partial charge in [0.25, 0.3) is 0 Å². The molecule has 2 heterocycles. The Hall–Kier alpha value is -7.56. The third kappa shape index (κ3) is 6.53. The van der Waals surface area contributed by atoms with Gasteiger partial charge in [-0.1, -0.05) is 152 Å². The van der Waals surface area contributed by atoms with Gasteiger partial charge in [0.15, 0.2) is 5.82 Å². The summed E-state index contributed by atoms with van der Waals surface area (Å²) >= 11 is 0. The van der Waals surface area contributed by atoms with Crippen LogP contribution in [0.25, 0.3) is 78.1 Å². The first-order chi connectivity index (χ1) is 28.2. The van der Waals surface area contributed by atoms with Crippen molar-refractivity contribution in [3.05, 3.63) is 212 Å². The van der Waals surface area contributed by atoms with Crippen molar-refractivity contribution in [2.45, 2.75) is 6.92 Å². The van der Waals surface area contributed by atoms with Crippen molar-refractivity contribution < 1.29 is 4.42 Å². The molecule has 0 N–H and O–H groups in total. The molecule has 0 aliphatic carbocycles. The Morgan fingerprint density at radius 3 is 1.67 bits per heavy atom. The van der Waals surface area contributed by atoms with E-state index in [9.17, 15) is 0 Å². The highest BCUT2D eigenvalue weighted by Gasteiger charge is 2.22. The lowest BCUT2D eigenvalue weighted by Crippen LogP contribution is -2.11. The van der Waals surface area contributed by atoms with Crippen molar-refractivity contribution in [3.63, 3.8) is 0 Å². The van der Waals surface area contributed by atoms with Crippen LogP contribution in [0.2, 0.25) is 0 Å². The molecule has 0 aliphatic heterocycles. The van der Waals surface area contributed by atoms with Crippen LogP contribution in [0.3, 0.4) is 0 Å². The fraction of sp³-hybridized carbons (Fsp3) is 0.0189. The van der Waals surface area contributed by atoms with Gasteiger partial charge in [-0.2, -0.15) is 0 Å². The lowest BCUT2D eigenvalue weighted by Gasteiger charge is -2.28. The zero-order valence-electron chi connectivity index (χ0n) is 31.4. The molecule has 10 aromatic rings. The summed E-state index contributed by atoms with van der Waals surface area (Å²) in [5, 5.41) is 2.03. The minimum atomic E-state index is 0.678. The quantitative estimate of drug-likeness (QED) is 0.156. The second-order valence-corrected chi connectivity index (χ2v) is 14.3. The molecule has 2 aromatic heterocycles. The molecular weight excluding hydrogens is 695 g/mol. The summed E-state index contributed by atoms with van der Waals surface area (Å²) in [5.41, 5.74) is 15.2. The summed E-state index contributed by atoms with van der Waals surface area (Å²) in [7, 11) is 0. The molecule has 8 aromatic carbocycles. The van der Waals surface area contributed by atoms with Crippen LogP contribution in [0.5, 0.6) is 0 Å². The Morgan fingerprint density at radius 2 is 0.965 bits per heavy atom. The molecule has 0 radical (unpaired) electrons. The number of furan rings is 1. The Kier molecular flexibility index (Phi) is 8.69. The van der Waals surface area contributed by atoms with Gasteiger partial charge in [0.2, 0.25) is 0 Å². The Bertz CT molecular complexity index is 2940. The lowest BCUT2D eigenvalue weighted by atomic mass is 9.98. The molecule has 0 aliphatic rings. The summed E-state index contributed by atoms with van der Waals surface area (Å²) in [6.45, 7) is 2.11. The fourth-order valence-electron chi connectivity index (χ4n) is 7.82. The largest absolute Gasteiger partial charge is 0.456 e. The molecule has 0 unspecified atom stereocenters. The van der Waals surface area contributed by atoms with E-state index < -0.39 is 0 Å². The maximum atomic E-state index is 6.67. The van der Waals surface area contributed by atoms with Crippen molar-refractivity contribution in [3.8, 4) is 56.2 Å². The van der Waals surface area contributed by atoms with E-state index in [4.69, 9.17) is 14.4 Å². The van der Waals surface area contributed by atoms with Gasteiger partial charge in [0, 0.05) is 44.4 Å². The van der Waals surface area contributed by atoms with E-state index in [1.165, 1.54) is 11.1 Å². The van der Waals surface area contributed by atoms with Gasteiger partial charge in [-0.25, -0.2) is 9.97 Å². The summed E-state index contributed by atoms with van der Waals surface area (Å²) in [5.74, 6) is 0.678. The molecule has 0 spiro atoms. The van der Waals surface area contributed by atoms with E-state index in [-0.39, 0.29) is 0 Å². The number of aryl methyl sites for hydroxylation is 1. The zero-order chi connectivity index (χ0) is 38.1. The van der Waals surface area contributed by atoms with Crippen molar-refractivity contribution in [1.29, 1.82) is 0 Å². The molecule has 4 heteroatoms. The average Bonchev–Trinajstić information content (AvgIpc) is 3.65. The number of anilines is 3. The van der Waals surface area contributed by atoms with Crippen LogP contribution in [0.15, 0.2) is 211 Å². The molecule has 57 heavy (non-hydrogen) atoms. The first kappa shape index (κ1) is 34.0. The zero-order valence-corrected chi connectivity index (χ0v) is 31.4. The minimum Gasteiger partial charge on any atom is -0.456 e. The van der Waals surface area contributed by atoms with Gasteiger partial charge in [0.05, 0.1) is 17.1 Å². The third-order valence-electron chi connectivity index (χ3n) is 10.5. The van der Waals surface area contributed by atoms with Crippen LogP contribution in [-0.2, 0) is 0 Å². The van der Waals surface area contributed by atoms with Crippen LogP contribution in [0.4, 0.5) is 17.1 Å². The predicted octanol–water partition coefficient (Wildman–Crippen LogP) is 14.5. The second-order valence-electron chi connectivity index (χ2n) is 14.3. The highest BCUT2D eigenvalue weighted by atomic mass is 16.3.